The molecule has 2 heterocycles. The van der Waals surface area contributed by atoms with Crippen molar-refractivity contribution in [3.63, 3.8) is 0 Å². The molecule has 2 aromatic carbocycles. The second-order valence-electron chi connectivity index (χ2n) is 8.22. The molecule has 1 aliphatic heterocycles. The zero-order valence-electron chi connectivity index (χ0n) is 19.8. The average molecular weight is 462 g/mol. The van der Waals surface area contributed by atoms with Gasteiger partial charge in [0.15, 0.2) is 11.5 Å². The van der Waals surface area contributed by atoms with Crippen LogP contribution in [0.1, 0.15) is 5.56 Å². The number of benzene rings is 2. The minimum absolute atomic E-state index is 0.414. The van der Waals surface area contributed by atoms with Gasteiger partial charge in [-0.15, -0.1) is 6.42 Å². The molecule has 8 nitrogen and oxygen atoms in total. The lowest BCUT2D eigenvalue weighted by atomic mass is 10.2. The van der Waals surface area contributed by atoms with E-state index in [-0.39, 0.29) is 0 Å². The molecule has 3 aromatic rings. The van der Waals surface area contributed by atoms with E-state index in [0.717, 1.165) is 54.9 Å². The van der Waals surface area contributed by atoms with Crippen molar-refractivity contribution in [1.82, 2.24) is 19.8 Å². The maximum Gasteiger partial charge on any atom is 0.163 e. The van der Waals surface area contributed by atoms with Gasteiger partial charge in [-0.05, 0) is 31.3 Å². The highest BCUT2D eigenvalue weighted by Crippen LogP contribution is 2.35. The van der Waals surface area contributed by atoms with Gasteiger partial charge in [0, 0.05) is 62.5 Å². The van der Waals surface area contributed by atoms with Gasteiger partial charge in [0.2, 0.25) is 0 Å². The first-order chi connectivity index (χ1) is 16.7. The Balaban J connectivity index is 1.55. The van der Waals surface area contributed by atoms with E-state index in [4.69, 9.17) is 20.6 Å². The first-order valence-electron chi connectivity index (χ1n) is 11.4. The number of likely N-dealkylation sites (N-methyl/N-ethyl adjacent to an activating group) is 1. The van der Waals surface area contributed by atoms with Crippen LogP contribution in [0.5, 0.6) is 11.5 Å². The SMILES string of the molecule is C#Cc1cccc(Nc2ncnc3cc(OCCN4CCN(C)CC4)c(OCCOC)cc23)c1. The summed E-state index contributed by atoms with van der Waals surface area (Å²) in [4.78, 5) is 13.7. The molecule has 178 valence electrons. The number of hydrogen-bond donors (Lipinski definition) is 1. The Kier molecular flexibility index (Phi) is 8.15. The topological polar surface area (TPSA) is 72.0 Å². The molecular weight excluding hydrogens is 430 g/mol. The van der Waals surface area contributed by atoms with Crippen molar-refractivity contribution >= 4 is 22.4 Å². The number of nitrogens with one attached hydrogen (secondary N) is 1. The van der Waals surface area contributed by atoms with Crippen LogP contribution < -0.4 is 14.8 Å². The Morgan fingerprint density at radius 1 is 1.00 bits per heavy atom. The van der Waals surface area contributed by atoms with E-state index in [2.05, 4.69) is 38.1 Å². The summed E-state index contributed by atoms with van der Waals surface area (Å²) in [6, 6.07) is 11.5. The molecule has 0 amide bonds. The Morgan fingerprint density at radius 3 is 2.59 bits per heavy atom. The summed E-state index contributed by atoms with van der Waals surface area (Å²) in [5.41, 5.74) is 2.41. The van der Waals surface area contributed by atoms with Crippen molar-refractivity contribution in [2.24, 2.45) is 0 Å². The highest BCUT2D eigenvalue weighted by atomic mass is 16.5. The van der Waals surface area contributed by atoms with Gasteiger partial charge in [0.05, 0.1) is 12.1 Å². The number of anilines is 2. The largest absolute Gasteiger partial charge is 0.488 e. The Hall–Kier alpha value is -3.38. The molecule has 0 radical (unpaired) electrons. The highest BCUT2D eigenvalue weighted by Gasteiger charge is 2.16. The van der Waals surface area contributed by atoms with E-state index >= 15 is 0 Å². The first-order valence-corrected chi connectivity index (χ1v) is 11.4. The second kappa shape index (κ2) is 11.7. The molecule has 0 unspecified atom stereocenters. The van der Waals surface area contributed by atoms with Gasteiger partial charge in [-0.1, -0.05) is 12.0 Å². The molecule has 1 saturated heterocycles. The molecular formula is C26H31N5O3. The minimum atomic E-state index is 0.414. The number of hydrogen-bond acceptors (Lipinski definition) is 8. The number of rotatable bonds is 10. The summed E-state index contributed by atoms with van der Waals surface area (Å²) in [6.07, 6.45) is 7.08. The molecule has 0 spiro atoms. The van der Waals surface area contributed by atoms with E-state index in [9.17, 15) is 0 Å². The lowest BCUT2D eigenvalue weighted by Gasteiger charge is -2.32. The Morgan fingerprint density at radius 2 is 1.79 bits per heavy atom. The van der Waals surface area contributed by atoms with Crippen LogP contribution in [0.3, 0.4) is 0 Å². The number of fused-ring (bicyclic) bond motifs is 1. The molecule has 0 bridgehead atoms. The average Bonchev–Trinajstić information content (AvgIpc) is 2.86. The van der Waals surface area contributed by atoms with E-state index in [1.54, 1.807) is 7.11 Å². The Bertz CT molecular complexity index is 1140. The first kappa shape index (κ1) is 23.8. The van der Waals surface area contributed by atoms with Crippen molar-refractivity contribution in [1.29, 1.82) is 0 Å². The molecule has 4 rings (SSSR count). The fourth-order valence-electron chi connectivity index (χ4n) is 3.80. The zero-order chi connectivity index (χ0) is 23.8. The molecule has 0 saturated carbocycles. The predicted octanol–water partition coefficient (Wildman–Crippen LogP) is 3.01. The summed E-state index contributed by atoms with van der Waals surface area (Å²) in [5, 5.41) is 4.17. The molecule has 1 fully saturated rings. The van der Waals surface area contributed by atoms with Gasteiger partial charge in [-0.3, -0.25) is 4.90 Å². The maximum atomic E-state index is 6.17. The summed E-state index contributed by atoms with van der Waals surface area (Å²) in [7, 11) is 3.81. The fourth-order valence-corrected chi connectivity index (χ4v) is 3.80. The quantitative estimate of drug-likeness (QED) is 0.365. The summed E-state index contributed by atoms with van der Waals surface area (Å²) in [6.45, 7) is 6.61. The number of piperazine rings is 1. The van der Waals surface area contributed by atoms with Crippen LogP contribution in [0.2, 0.25) is 0 Å². The molecule has 0 atom stereocenters. The number of methoxy groups -OCH3 is 1. The zero-order valence-corrected chi connectivity index (χ0v) is 19.8. The number of aromatic nitrogens is 2. The van der Waals surface area contributed by atoms with Crippen LogP contribution in [0, 0.1) is 12.3 Å². The molecule has 34 heavy (non-hydrogen) atoms. The third-order valence-electron chi connectivity index (χ3n) is 5.80. The predicted molar refractivity (Wildman–Crippen MR) is 134 cm³/mol. The third kappa shape index (κ3) is 6.14. The molecule has 1 aliphatic rings. The molecule has 1 N–H and O–H groups in total. The lowest BCUT2D eigenvalue weighted by Crippen LogP contribution is -2.45. The number of terminal acetylenes is 1. The summed E-state index contributed by atoms with van der Waals surface area (Å²) in [5.74, 6) is 4.62. The van der Waals surface area contributed by atoms with E-state index in [1.807, 2.05) is 36.4 Å². The van der Waals surface area contributed by atoms with Gasteiger partial charge < -0.3 is 24.4 Å². The van der Waals surface area contributed by atoms with E-state index in [0.29, 0.717) is 37.1 Å². The van der Waals surface area contributed by atoms with Gasteiger partial charge in [-0.2, -0.15) is 0 Å². The standard InChI is InChI=1S/C26H31N5O3/c1-4-20-6-5-7-21(16-20)29-26-22-17-24(34-15-14-32-3)25(18-23(22)27-19-28-26)33-13-12-31-10-8-30(2)9-11-31/h1,5-7,16-19H,8-15H2,2-3H3,(H,27,28,29). The summed E-state index contributed by atoms with van der Waals surface area (Å²) < 4.78 is 17.3. The Labute approximate surface area is 200 Å². The van der Waals surface area contributed by atoms with E-state index < -0.39 is 0 Å². The highest BCUT2D eigenvalue weighted by molar-refractivity contribution is 5.93. The summed E-state index contributed by atoms with van der Waals surface area (Å²) >= 11 is 0. The van der Waals surface area contributed by atoms with Crippen molar-refractivity contribution in [2.45, 2.75) is 0 Å². The van der Waals surface area contributed by atoms with Crippen LogP contribution in [0.4, 0.5) is 11.5 Å². The van der Waals surface area contributed by atoms with Crippen LogP contribution >= 0.6 is 0 Å². The van der Waals surface area contributed by atoms with Crippen molar-refractivity contribution in [3.05, 3.63) is 48.3 Å². The molecule has 8 heteroatoms. The lowest BCUT2D eigenvalue weighted by molar-refractivity contribution is 0.128. The molecule has 0 aliphatic carbocycles. The van der Waals surface area contributed by atoms with Crippen LogP contribution in [-0.4, -0.2) is 86.5 Å². The van der Waals surface area contributed by atoms with Gasteiger partial charge in [-0.25, -0.2) is 9.97 Å². The van der Waals surface area contributed by atoms with Gasteiger partial charge in [0.1, 0.15) is 25.4 Å². The monoisotopic (exact) mass is 461 g/mol. The normalized spacial score (nSPS) is 14.6. The van der Waals surface area contributed by atoms with Gasteiger partial charge >= 0.3 is 0 Å². The van der Waals surface area contributed by atoms with Crippen molar-refractivity contribution in [2.75, 3.05) is 72.0 Å². The minimum Gasteiger partial charge on any atom is -0.488 e. The van der Waals surface area contributed by atoms with Crippen molar-refractivity contribution < 1.29 is 14.2 Å². The number of ether oxygens (including phenoxy) is 3. The van der Waals surface area contributed by atoms with E-state index in [1.165, 1.54) is 6.33 Å². The van der Waals surface area contributed by atoms with Gasteiger partial charge in [0.25, 0.3) is 0 Å². The fraction of sp³-hybridized carbons (Fsp3) is 0.385. The van der Waals surface area contributed by atoms with Crippen molar-refractivity contribution in [3.8, 4) is 23.8 Å². The van der Waals surface area contributed by atoms with Crippen LogP contribution in [-0.2, 0) is 4.74 Å². The van der Waals surface area contributed by atoms with Crippen LogP contribution in [0.15, 0.2) is 42.7 Å². The second-order valence-corrected chi connectivity index (χ2v) is 8.22. The molecule has 1 aromatic heterocycles. The maximum absolute atomic E-state index is 6.17. The van der Waals surface area contributed by atoms with Crippen LogP contribution in [0.25, 0.3) is 10.9 Å². The third-order valence-corrected chi connectivity index (χ3v) is 5.80. The number of nitrogens with zero attached hydrogens (tertiary/aromatic N) is 4. The smallest absolute Gasteiger partial charge is 0.163 e.